The van der Waals surface area contributed by atoms with Crippen LogP contribution in [-0.2, 0) is 9.09 Å². The van der Waals surface area contributed by atoms with Gasteiger partial charge in [0.1, 0.15) is 0 Å². The van der Waals surface area contributed by atoms with E-state index in [1.807, 2.05) is 21.1 Å². The first-order valence-corrected chi connectivity index (χ1v) is 16.3. The molecule has 0 bridgehead atoms. The Morgan fingerprint density at radius 1 is 0.676 bits per heavy atom. The number of allylic oxidation sites excluding steroid dienone is 2. The van der Waals surface area contributed by atoms with E-state index < -0.39 is 7.60 Å². The van der Waals surface area contributed by atoms with E-state index in [0.717, 1.165) is 32.1 Å². The van der Waals surface area contributed by atoms with Crippen molar-refractivity contribution in [1.82, 2.24) is 0 Å². The van der Waals surface area contributed by atoms with Gasteiger partial charge in [-0.15, -0.1) is 0 Å². The second-order valence-electron chi connectivity index (χ2n) is 11.1. The molecule has 204 valence electrons. The van der Waals surface area contributed by atoms with Crippen molar-refractivity contribution in [3.63, 3.8) is 0 Å². The summed E-state index contributed by atoms with van der Waals surface area (Å²) in [7, 11) is 2.34. The molecule has 0 aromatic heterocycles. The number of hydrogen-bond donors (Lipinski definition) is 1. The Morgan fingerprint density at radius 2 is 1.09 bits per heavy atom. The second kappa shape index (κ2) is 22.1. The summed E-state index contributed by atoms with van der Waals surface area (Å²) < 4.78 is 18.6. The average molecular weight is 503 g/mol. The molecule has 0 aromatic rings. The molecular formula is C29H61NO3P+. The van der Waals surface area contributed by atoms with Crippen LogP contribution < -0.4 is 0 Å². The molecule has 2 unspecified atom stereocenters. The van der Waals surface area contributed by atoms with E-state index in [-0.39, 0.29) is 5.78 Å². The average Bonchev–Trinajstić information content (AvgIpc) is 2.77. The van der Waals surface area contributed by atoms with Gasteiger partial charge in [0, 0.05) is 6.42 Å². The van der Waals surface area contributed by atoms with Crippen molar-refractivity contribution in [3.8, 4) is 0 Å². The van der Waals surface area contributed by atoms with Crippen molar-refractivity contribution < 1.29 is 18.5 Å². The van der Waals surface area contributed by atoms with Crippen LogP contribution >= 0.6 is 7.60 Å². The molecule has 0 heterocycles. The molecule has 0 radical (unpaired) electrons. The summed E-state index contributed by atoms with van der Waals surface area (Å²) in [5.41, 5.74) is 0. The van der Waals surface area contributed by atoms with E-state index in [1.165, 1.54) is 89.9 Å². The molecule has 4 nitrogen and oxygen atoms in total. The van der Waals surface area contributed by atoms with Gasteiger partial charge in [-0.05, 0) is 38.5 Å². The van der Waals surface area contributed by atoms with Gasteiger partial charge in [0.05, 0.1) is 27.7 Å². The molecule has 0 aliphatic rings. The van der Waals surface area contributed by atoms with E-state index in [1.54, 1.807) is 0 Å². The Labute approximate surface area is 214 Å². The van der Waals surface area contributed by atoms with Crippen LogP contribution in [0.15, 0.2) is 12.2 Å². The first-order valence-electron chi connectivity index (χ1n) is 14.7. The third kappa shape index (κ3) is 20.1. The van der Waals surface area contributed by atoms with Gasteiger partial charge in [-0.2, -0.15) is 0 Å². The van der Waals surface area contributed by atoms with Gasteiger partial charge < -0.3 is 13.9 Å². The zero-order chi connectivity index (χ0) is 25.5. The molecule has 0 amide bonds. The molecule has 0 aromatic carbocycles. The van der Waals surface area contributed by atoms with E-state index in [0.29, 0.717) is 17.5 Å². The van der Waals surface area contributed by atoms with Gasteiger partial charge in [-0.25, -0.2) is 0 Å². The summed E-state index contributed by atoms with van der Waals surface area (Å²) in [5, 5.41) is 0. The van der Waals surface area contributed by atoms with Crippen LogP contribution in [-0.4, -0.2) is 42.9 Å². The van der Waals surface area contributed by atoms with Crippen molar-refractivity contribution in [1.29, 1.82) is 0 Å². The fraction of sp³-hybridized carbons (Fsp3) is 0.931. The zero-order valence-electron chi connectivity index (χ0n) is 23.7. The monoisotopic (exact) mass is 502 g/mol. The molecule has 0 aliphatic carbocycles. The van der Waals surface area contributed by atoms with E-state index in [4.69, 9.17) is 4.52 Å². The largest absolute Gasteiger partial charge is 0.385 e. The molecule has 0 spiro atoms. The molecule has 0 rings (SSSR count). The third-order valence-corrected chi connectivity index (χ3v) is 9.01. The predicted octanol–water partition coefficient (Wildman–Crippen LogP) is 9.62. The number of unbranched alkanes of at least 4 members (excludes halogenated alkanes) is 16. The van der Waals surface area contributed by atoms with Crippen molar-refractivity contribution in [2.45, 2.75) is 148 Å². The minimum Gasteiger partial charge on any atom is -0.320 e. The van der Waals surface area contributed by atoms with Crippen LogP contribution in [0.2, 0.25) is 0 Å². The van der Waals surface area contributed by atoms with Crippen LogP contribution in [0.1, 0.15) is 142 Å². The molecule has 0 fully saturated rings. The van der Waals surface area contributed by atoms with E-state index in [9.17, 15) is 9.46 Å². The Bertz CT molecular complexity index is 516. The van der Waals surface area contributed by atoms with Gasteiger partial charge in [0.25, 0.3) is 0 Å². The second-order valence-corrected chi connectivity index (χ2v) is 13.1. The van der Waals surface area contributed by atoms with Crippen molar-refractivity contribution >= 4 is 7.60 Å². The molecule has 0 saturated carbocycles. The normalized spacial score (nSPS) is 15.1. The Balaban J connectivity index is 3.51. The highest BCUT2D eigenvalue weighted by molar-refractivity contribution is 7.53. The van der Waals surface area contributed by atoms with Gasteiger partial charge in [-0.3, -0.25) is 4.57 Å². The number of nitrogens with zero attached hydrogens (tertiary/aromatic N) is 1. The lowest BCUT2D eigenvalue weighted by atomic mass is 10.0. The van der Waals surface area contributed by atoms with Gasteiger partial charge in [0.15, 0.2) is 5.78 Å². The molecule has 1 N–H and O–H groups in total. The van der Waals surface area contributed by atoms with Crippen LogP contribution in [0.4, 0.5) is 0 Å². The molecule has 5 heteroatoms. The highest BCUT2D eigenvalue weighted by Gasteiger charge is 2.41. The fourth-order valence-electron chi connectivity index (χ4n) is 4.58. The van der Waals surface area contributed by atoms with Gasteiger partial charge >= 0.3 is 7.60 Å². The first kappa shape index (κ1) is 33.8. The minimum atomic E-state index is -3.57. The van der Waals surface area contributed by atoms with E-state index >= 15 is 0 Å². The SMILES string of the molecule is CCCCCCCCCCCCCCC=CCCCCCCOP(=O)(O)C(CCC)[N+](C)(C)C. The van der Waals surface area contributed by atoms with E-state index in [2.05, 4.69) is 26.0 Å². The Hall–Kier alpha value is -0.150. The number of hydrogen-bond acceptors (Lipinski definition) is 2. The standard InChI is InChI=1S/C29H60NO3P/c1-6-8-9-10-11-12-13-14-15-16-17-18-19-20-21-22-23-24-25-26-28-33-34(31,32)29(27-7-2)30(3,4)5/h20-21,29H,6-19,22-28H2,1-5H3/p+1. The first-order chi connectivity index (χ1) is 16.3. The maximum absolute atomic E-state index is 12.7. The summed E-state index contributed by atoms with van der Waals surface area (Å²) in [5.74, 6) is -0.340. The van der Waals surface area contributed by atoms with Crippen LogP contribution in [0.5, 0.6) is 0 Å². The Kier molecular flexibility index (Phi) is 22.0. The number of rotatable bonds is 25. The Morgan fingerprint density at radius 3 is 1.50 bits per heavy atom. The predicted molar refractivity (Wildman–Crippen MR) is 150 cm³/mol. The van der Waals surface area contributed by atoms with Gasteiger partial charge in [0.2, 0.25) is 0 Å². The van der Waals surface area contributed by atoms with Crippen molar-refractivity contribution in [3.05, 3.63) is 12.2 Å². The van der Waals surface area contributed by atoms with Crippen molar-refractivity contribution in [2.75, 3.05) is 27.7 Å². The summed E-state index contributed by atoms with van der Waals surface area (Å²) in [4.78, 5) is 10.4. The van der Waals surface area contributed by atoms with Crippen LogP contribution in [0.25, 0.3) is 0 Å². The molecular weight excluding hydrogens is 441 g/mol. The highest BCUT2D eigenvalue weighted by Crippen LogP contribution is 2.51. The van der Waals surface area contributed by atoms with Crippen LogP contribution in [0.3, 0.4) is 0 Å². The lowest BCUT2D eigenvalue weighted by molar-refractivity contribution is -0.883. The number of quaternary nitrogens is 1. The zero-order valence-corrected chi connectivity index (χ0v) is 24.6. The molecule has 2 atom stereocenters. The quantitative estimate of drug-likeness (QED) is 0.0585. The summed E-state index contributed by atoms with van der Waals surface area (Å²) in [6, 6.07) is 0. The lowest BCUT2D eigenvalue weighted by Gasteiger charge is -2.35. The highest BCUT2D eigenvalue weighted by atomic mass is 31.2. The third-order valence-electron chi connectivity index (χ3n) is 6.75. The lowest BCUT2D eigenvalue weighted by Crippen LogP contribution is -2.45. The topological polar surface area (TPSA) is 46.5 Å². The molecule has 34 heavy (non-hydrogen) atoms. The molecule has 0 saturated heterocycles. The maximum Gasteiger partial charge on any atom is 0.385 e. The summed E-state index contributed by atoms with van der Waals surface area (Å²) in [6.45, 7) is 4.73. The van der Waals surface area contributed by atoms with Crippen molar-refractivity contribution in [2.24, 2.45) is 0 Å². The minimum absolute atomic E-state index is 0.340. The smallest absolute Gasteiger partial charge is 0.320 e. The van der Waals surface area contributed by atoms with Crippen LogP contribution in [0, 0.1) is 0 Å². The maximum atomic E-state index is 12.7. The summed E-state index contributed by atoms with van der Waals surface area (Å²) in [6.07, 6.45) is 29.9. The fourth-order valence-corrected chi connectivity index (χ4v) is 6.61. The molecule has 0 aliphatic heterocycles. The van der Waals surface area contributed by atoms with Gasteiger partial charge in [-0.1, -0.05) is 109 Å². The summed E-state index contributed by atoms with van der Waals surface area (Å²) >= 11 is 0.